The highest BCUT2D eigenvalue weighted by atomic mass is 79.9. The number of rotatable bonds is 4. The number of nitrogens with two attached hydrogens (primary N) is 1. The molecule has 3 rings (SSSR count). The van der Waals surface area contributed by atoms with E-state index in [-0.39, 0.29) is 6.04 Å². The number of hydrogen-bond acceptors (Lipinski definition) is 4. The van der Waals surface area contributed by atoms with Crippen LogP contribution >= 0.6 is 15.9 Å². The van der Waals surface area contributed by atoms with Gasteiger partial charge < -0.3 is 10.3 Å². The molecule has 94 valence electrons. The second-order valence-electron chi connectivity index (χ2n) is 4.72. The predicted octanol–water partition coefficient (Wildman–Crippen LogP) is 2.83. The lowest BCUT2D eigenvalue weighted by Crippen LogP contribution is -2.12. The van der Waals surface area contributed by atoms with Crippen LogP contribution in [0.3, 0.4) is 0 Å². The first-order chi connectivity index (χ1) is 8.72. The van der Waals surface area contributed by atoms with E-state index in [1.807, 2.05) is 24.3 Å². The van der Waals surface area contributed by atoms with Gasteiger partial charge in [0.25, 0.3) is 0 Å². The summed E-state index contributed by atoms with van der Waals surface area (Å²) in [5.41, 5.74) is 7.18. The smallest absolute Gasteiger partial charge is 0.243 e. The molecular formula is C13H14BrN3O. The molecule has 1 aromatic heterocycles. The van der Waals surface area contributed by atoms with Gasteiger partial charge in [-0.1, -0.05) is 33.2 Å². The fourth-order valence-electron chi connectivity index (χ4n) is 1.92. The second kappa shape index (κ2) is 4.82. The molecule has 1 saturated carbocycles. The Bertz CT molecular complexity index is 533. The highest BCUT2D eigenvalue weighted by molar-refractivity contribution is 9.10. The summed E-state index contributed by atoms with van der Waals surface area (Å²) in [6.07, 6.45) is 3.02. The van der Waals surface area contributed by atoms with Crippen molar-refractivity contribution in [1.29, 1.82) is 0 Å². The Morgan fingerprint density at radius 1 is 1.33 bits per heavy atom. The molecule has 2 aromatic rings. The first kappa shape index (κ1) is 11.9. The molecule has 1 aliphatic carbocycles. The van der Waals surface area contributed by atoms with Crippen molar-refractivity contribution in [1.82, 2.24) is 10.1 Å². The summed E-state index contributed by atoms with van der Waals surface area (Å²) < 4.78 is 6.29. The third-order valence-electron chi connectivity index (χ3n) is 3.17. The van der Waals surface area contributed by atoms with Gasteiger partial charge in [0.05, 0.1) is 6.04 Å². The first-order valence-electron chi connectivity index (χ1n) is 6.05. The maximum atomic E-state index is 6.02. The molecule has 1 heterocycles. The van der Waals surface area contributed by atoms with E-state index in [1.54, 1.807) is 0 Å². The zero-order valence-electron chi connectivity index (χ0n) is 9.84. The third kappa shape index (κ3) is 2.62. The third-order valence-corrected chi connectivity index (χ3v) is 3.70. The first-order valence-corrected chi connectivity index (χ1v) is 6.84. The fraction of sp³-hybridized carbons (Fsp3) is 0.385. The highest BCUT2D eigenvalue weighted by Crippen LogP contribution is 2.38. The molecule has 1 atom stereocenters. The average Bonchev–Trinajstić information content (AvgIpc) is 3.12. The molecule has 1 fully saturated rings. The van der Waals surface area contributed by atoms with E-state index in [0.717, 1.165) is 10.0 Å². The quantitative estimate of drug-likeness (QED) is 0.943. The van der Waals surface area contributed by atoms with Crippen LogP contribution < -0.4 is 5.73 Å². The molecule has 0 radical (unpaired) electrons. The van der Waals surface area contributed by atoms with Gasteiger partial charge >= 0.3 is 0 Å². The molecule has 1 aromatic carbocycles. The lowest BCUT2D eigenvalue weighted by Gasteiger charge is -2.01. The Hall–Kier alpha value is -1.20. The second-order valence-corrected chi connectivity index (χ2v) is 5.63. The Morgan fingerprint density at radius 3 is 2.72 bits per heavy atom. The van der Waals surface area contributed by atoms with E-state index >= 15 is 0 Å². The van der Waals surface area contributed by atoms with Gasteiger partial charge in [-0.3, -0.25) is 0 Å². The average molecular weight is 308 g/mol. The molecule has 0 amide bonds. The van der Waals surface area contributed by atoms with E-state index in [0.29, 0.717) is 24.1 Å². The highest BCUT2D eigenvalue weighted by Gasteiger charge is 2.33. The van der Waals surface area contributed by atoms with Crippen molar-refractivity contribution >= 4 is 15.9 Å². The lowest BCUT2D eigenvalue weighted by molar-refractivity contribution is 0.340. The van der Waals surface area contributed by atoms with E-state index in [9.17, 15) is 0 Å². The van der Waals surface area contributed by atoms with E-state index in [1.165, 1.54) is 12.8 Å². The van der Waals surface area contributed by atoms with Crippen LogP contribution in [0.5, 0.6) is 0 Å². The summed E-state index contributed by atoms with van der Waals surface area (Å²) in [5.74, 6) is 1.80. The van der Waals surface area contributed by atoms with Crippen molar-refractivity contribution in [3.8, 4) is 0 Å². The fourth-order valence-corrected chi connectivity index (χ4v) is 2.18. The largest absolute Gasteiger partial charge is 0.338 e. The topological polar surface area (TPSA) is 64.9 Å². The van der Waals surface area contributed by atoms with Gasteiger partial charge in [0.15, 0.2) is 5.82 Å². The zero-order valence-corrected chi connectivity index (χ0v) is 11.4. The lowest BCUT2D eigenvalue weighted by atomic mass is 10.1. The van der Waals surface area contributed by atoms with Gasteiger partial charge in [-0.15, -0.1) is 0 Å². The number of hydrogen-bond donors (Lipinski definition) is 1. The predicted molar refractivity (Wildman–Crippen MR) is 70.9 cm³/mol. The van der Waals surface area contributed by atoms with Gasteiger partial charge in [0.2, 0.25) is 5.89 Å². The molecule has 1 unspecified atom stereocenters. The van der Waals surface area contributed by atoms with Crippen molar-refractivity contribution in [2.24, 2.45) is 11.7 Å². The van der Waals surface area contributed by atoms with Gasteiger partial charge in [0, 0.05) is 10.9 Å². The zero-order chi connectivity index (χ0) is 12.5. The molecule has 0 spiro atoms. The molecule has 4 nitrogen and oxygen atoms in total. The maximum absolute atomic E-state index is 6.02. The van der Waals surface area contributed by atoms with Crippen LogP contribution in [0, 0.1) is 5.92 Å². The molecule has 5 heteroatoms. The summed E-state index contributed by atoms with van der Waals surface area (Å²) >= 11 is 3.41. The van der Waals surface area contributed by atoms with Crippen LogP contribution in [-0.2, 0) is 6.42 Å². The summed E-state index contributed by atoms with van der Waals surface area (Å²) in [7, 11) is 0. The van der Waals surface area contributed by atoms with Crippen LogP contribution in [0.2, 0.25) is 0 Å². The Labute approximate surface area is 114 Å². The number of halogens is 1. The van der Waals surface area contributed by atoms with Crippen LogP contribution in [0.25, 0.3) is 0 Å². The summed E-state index contributed by atoms with van der Waals surface area (Å²) in [4.78, 5) is 4.37. The van der Waals surface area contributed by atoms with Gasteiger partial charge in [0.1, 0.15) is 0 Å². The SMILES string of the molecule is NC(c1nc(Cc2ccc(Br)cc2)no1)C1CC1. The van der Waals surface area contributed by atoms with Crippen molar-refractivity contribution in [3.05, 3.63) is 46.0 Å². The van der Waals surface area contributed by atoms with E-state index < -0.39 is 0 Å². The molecule has 0 bridgehead atoms. The van der Waals surface area contributed by atoms with E-state index in [2.05, 4.69) is 26.1 Å². The normalized spacial score (nSPS) is 16.8. The number of benzene rings is 1. The van der Waals surface area contributed by atoms with E-state index in [4.69, 9.17) is 10.3 Å². The Kier molecular flexibility index (Phi) is 3.18. The Morgan fingerprint density at radius 2 is 2.06 bits per heavy atom. The van der Waals surface area contributed by atoms with Crippen molar-refractivity contribution in [3.63, 3.8) is 0 Å². The van der Waals surface area contributed by atoms with Crippen molar-refractivity contribution < 1.29 is 4.52 Å². The van der Waals surface area contributed by atoms with Gasteiger partial charge in [-0.25, -0.2) is 0 Å². The van der Waals surface area contributed by atoms with Crippen LogP contribution in [0.15, 0.2) is 33.3 Å². The molecule has 18 heavy (non-hydrogen) atoms. The monoisotopic (exact) mass is 307 g/mol. The van der Waals surface area contributed by atoms with Gasteiger partial charge in [-0.2, -0.15) is 4.98 Å². The maximum Gasteiger partial charge on any atom is 0.243 e. The summed E-state index contributed by atoms with van der Waals surface area (Å²) in [6.45, 7) is 0. The molecular weight excluding hydrogens is 294 g/mol. The minimum atomic E-state index is -0.0869. The minimum Gasteiger partial charge on any atom is -0.338 e. The summed E-state index contributed by atoms with van der Waals surface area (Å²) in [6, 6.07) is 8.01. The van der Waals surface area contributed by atoms with Crippen LogP contribution in [0.4, 0.5) is 0 Å². The van der Waals surface area contributed by atoms with Crippen LogP contribution in [0.1, 0.15) is 36.2 Å². The van der Waals surface area contributed by atoms with Gasteiger partial charge in [-0.05, 0) is 36.5 Å². The molecule has 0 aliphatic heterocycles. The number of nitrogens with zero attached hydrogens (tertiary/aromatic N) is 2. The molecule has 1 aliphatic rings. The summed E-state index contributed by atoms with van der Waals surface area (Å²) in [5, 5.41) is 3.99. The van der Waals surface area contributed by atoms with Crippen molar-refractivity contribution in [2.75, 3.05) is 0 Å². The molecule has 0 saturated heterocycles. The molecule has 2 N–H and O–H groups in total. The van der Waals surface area contributed by atoms with Crippen LogP contribution in [-0.4, -0.2) is 10.1 Å². The Balaban J connectivity index is 1.71. The standard InChI is InChI=1S/C13H14BrN3O/c14-10-5-1-8(2-6-10)7-11-16-13(18-17-11)12(15)9-3-4-9/h1-2,5-6,9,12H,3-4,7,15H2. The number of aromatic nitrogens is 2. The minimum absolute atomic E-state index is 0.0869. The van der Waals surface area contributed by atoms with Crippen molar-refractivity contribution in [2.45, 2.75) is 25.3 Å².